The number of nitrogens with zero attached hydrogens (tertiary/aromatic N) is 2. The van der Waals surface area contributed by atoms with Crippen LogP contribution in [0, 0.1) is 17.7 Å². The number of benzene rings is 1. The van der Waals surface area contributed by atoms with Crippen LogP contribution in [-0.4, -0.2) is 60.9 Å². The third kappa shape index (κ3) is 5.92. The maximum Gasteiger partial charge on any atom is 0.254 e. The first-order valence-electron chi connectivity index (χ1n) is 10.1. The van der Waals surface area contributed by atoms with Gasteiger partial charge in [-0.1, -0.05) is 13.0 Å². The van der Waals surface area contributed by atoms with Gasteiger partial charge in [0.2, 0.25) is 5.91 Å². The van der Waals surface area contributed by atoms with E-state index in [1.165, 1.54) is 12.1 Å². The Balaban J connectivity index is 0.00000280. The molecular weight excluding hydrogens is 381 g/mol. The van der Waals surface area contributed by atoms with Gasteiger partial charge in [0.1, 0.15) is 5.82 Å². The molecule has 2 aliphatic rings. The summed E-state index contributed by atoms with van der Waals surface area (Å²) < 4.78 is 13.4. The van der Waals surface area contributed by atoms with Crippen molar-refractivity contribution >= 4 is 24.2 Å². The Morgan fingerprint density at radius 2 is 1.82 bits per heavy atom. The Bertz CT molecular complexity index is 667. The van der Waals surface area contributed by atoms with Gasteiger partial charge in [-0.2, -0.15) is 0 Å². The zero-order chi connectivity index (χ0) is 19.2. The zero-order valence-electron chi connectivity index (χ0n) is 16.5. The molecular formula is C21H31ClFN3O2. The minimum Gasteiger partial charge on any atom is -0.341 e. The lowest BCUT2D eigenvalue weighted by atomic mass is 9.84. The average molecular weight is 412 g/mol. The number of carbonyl (C=O) groups excluding carboxylic acids is 2. The number of nitrogens with one attached hydrogen (secondary N) is 1. The molecule has 2 saturated heterocycles. The van der Waals surface area contributed by atoms with E-state index >= 15 is 0 Å². The normalized spacial score (nSPS) is 19.5. The lowest BCUT2D eigenvalue weighted by Gasteiger charge is -2.30. The maximum atomic E-state index is 13.4. The van der Waals surface area contributed by atoms with E-state index in [0.717, 1.165) is 32.4 Å². The molecule has 0 bridgehead atoms. The van der Waals surface area contributed by atoms with Gasteiger partial charge in [0.05, 0.1) is 0 Å². The Hall–Kier alpha value is -1.66. The van der Waals surface area contributed by atoms with E-state index in [1.807, 2.05) is 4.90 Å². The van der Waals surface area contributed by atoms with Crippen molar-refractivity contribution < 1.29 is 14.0 Å². The first-order chi connectivity index (χ1) is 13.0. The third-order valence-electron chi connectivity index (χ3n) is 5.89. The Morgan fingerprint density at radius 1 is 1.14 bits per heavy atom. The van der Waals surface area contributed by atoms with E-state index in [9.17, 15) is 14.0 Å². The van der Waals surface area contributed by atoms with E-state index in [0.29, 0.717) is 50.0 Å². The maximum absolute atomic E-state index is 13.4. The summed E-state index contributed by atoms with van der Waals surface area (Å²) in [5, 5.41) is 3.37. The van der Waals surface area contributed by atoms with Crippen LogP contribution >= 0.6 is 12.4 Å². The molecule has 2 amide bonds. The SMILES string of the molecule is CC(CC(=O)N1CCCN(C(=O)c2cccc(F)c2)CC1)C1CCNCC1.Cl. The lowest BCUT2D eigenvalue weighted by molar-refractivity contribution is -0.132. The quantitative estimate of drug-likeness (QED) is 0.828. The lowest BCUT2D eigenvalue weighted by Crippen LogP contribution is -2.39. The van der Waals surface area contributed by atoms with E-state index in [-0.39, 0.29) is 24.2 Å². The Kier molecular flexibility index (Phi) is 8.70. The predicted octanol–water partition coefficient (Wildman–Crippen LogP) is 2.95. The molecule has 0 spiro atoms. The van der Waals surface area contributed by atoms with Crippen molar-refractivity contribution in [3.63, 3.8) is 0 Å². The minimum atomic E-state index is -0.403. The fourth-order valence-corrected chi connectivity index (χ4v) is 4.16. The second-order valence-corrected chi connectivity index (χ2v) is 7.81. The summed E-state index contributed by atoms with van der Waals surface area (Å²) in [4.78, 5) is 29.0. The van der Waals surface area contributed by atoms with Gasteiger partial charge in [-0.25, -0.2) is 4.39 Å². The molecule has 1 unspecified atom stereocenters. The van der Waals surface area contributed by atoms with Crippen molar-refractivity contribution in [2.45, 2.75) is 32.6 Å². The molecule has 1 aromatic rings. The molecule has 1 atom stereocenters. The van der Waals surface area contributed by atoms with Gasteiger partial charge in [-0.15, -0.1) is 12.4 Å². The van der Waals surface area contributed by atoms with Crippen LogP contribution in [0.3, 0.4) is 0 Å². The fraction of sp³-hybridized carbons (Fsp3) is 0.619. The molecule has 0 aromatic heterocycles. The molecule has 3 rings (SSSR count). The van der Waals surface area contributed by atoms with Crippen molar-refractivity contribution in [2.75, 3.05) is 39.3 Å². The summed E-state index contributed by atoms with van der Waals surface area (Å²) >= 11 is 0. The minimum absolute atomic E-state index is 0. The number of halogens is 2. The van der Waals surface area contributed by atoms with E-state index < -0.39 is 5.82 Å². The van der Waals surface area contributed by atoms with Gasteiger partial charge in [0, 0.05) is 38.2 Å². The van der Waals surface area contributed by atoms with Crippen molar-refractivity contribution in [1.29, 1.82) is 0 Å². The molecule has 0 radical (unpaired) electrons. The van der Waals surface area contributed by atoms with Crippen LogP contribution in [0.1, 0.15) is 43.0 Å². The van der Waals surface area contributed by atoms with Gasteiger partial charge in [0.15, 0.2) is 0 Å². The van der Waals surface area contributed by atoms with Gasteiger partial charge in [0.25, 0.3) is 5.91 Å². The topological polar surface area (TPSA) is 52.7 Å². The highest BCUT2D eigenvalue weighted by atomic mass is 35.5. The Labute approximate surface area is 173 Å². The van der Waals surface area contributed by atoms with Crippen LogP contribution in [0.25, 0.3) is 0 Å². The standard InChI is InChI=1S/C21H30FN3O2.ClH/c1-16(17-6-8-23-9-7-17)14-20(26)24-10-3-11-25(13-12-24)21(27)18-4-2-5-19(22)15-18;/h2,4-5,15-17,23H,3,6-14H2,1H3;1H. The molecule has 7 heteroatoms. The zero-order valence-corrected chi connectivity index (χ0v) is 17.3. The molecule has 1 N–H and O–H groups in total. The molecule has 2 aliphatic heterocycles. The molecule has 2 fully saturated rings. The first-order valence-corrected chi connectivity index (χ1v) is 10.1. The first kappa shape index (κ1) is 22.6. The second kappa shape index (κ2) is 10.8. The van der Waals surface area contributed by atoms with Crippen LogP contribution in [0.5, 0.6) is 0 Å². The fourth-order valence-electron chi connectivity index (χ4n) is 4.16. The molecule has 5 nitrogen and oxygen atoms in total. The van der Waals surface area contributed by atoms with Crippen molar-refractivity contribution in [1.82, 2.24) is 15.1 Å². The molecule has 0 aliphatic carbocycles. The summed E-state index contributed by atoms with van der Waals surface area (Å²) in [7, 11) is 0. The van der Waals surface area contributed by atoms with E-state index in [4.69, 9.17) is 0 Å². The van der Waals surface area contributed by atoms with Crippen LogP contribution in [0.4, 0.5) is 4.39 Å². The van der Waals surface area contributed by atoms with Crippen LogP contribution < -0.4 is 5.32 Å². The van der Waals surface area contributed by atoms with Gasteiger partial charge in [-0.05, 0) is 62.4 Å². The van der Waals surface area contributed by atoms with E-state index in [2.05, 4.69) is 12.2 Å². The smallest absolute Gasteiger partial charge is 0.254 e. The number of rotatable bonds is 4. The molecule has 28 heavy (non-hydrogen) atoms. The second-order valence-electron chi connectivity index (χ2n) is 7.81. The van der Waals surface area contributed by atoms with Crippen molar-refractivity contribution in [2.24, 2.45) is 11.8 Å². The van der Waals surface area contributed by atoms with Crippen LogP contribution in [0.2, 0.25) is 0 Å². The number of hydrogen-bond donors (Lipinski definition) is 1. The summed E-state index contributed by atoms with van der Waals surface area (Å²) in [5.41, 5.74) is 0.370. The highest BCUT2D eigenvalue weighted by Gasteiger charge is 2.26. The number of carbonyl (C=O) groups is 2. The number of piperidine rings is 1. The summed E-state index contributed by atoms with van der Waals surface area (Å²) in [5.74, 6) is 0.647. The molecule has 2 heterocycles. The highest BCUT2D eigenvalue weighted by Crippen LogP contribution is 2.25. The summed E-state index contributed by atoms with van der Waals surface area (Å²) in [6.45, 7) is 6.62. The molecule has 1 aromatic carbocycles. The molecule has 0 saturated carbocycles. The Morgan fingerprint density at radius 3 is 2.54 bits per heavy atom. The monoisotopic (exact) mass is 411 g/mol. The highest BCUT2D eigenvalue weighted by molar-refractivity contribution is 5.94. The van der Waals surface area contributed by atoms with Gasteiger partial charge >= 0.3 is 0 Å². The molecule has 156 valence electrons. The largest absolute Gasteiger partial charge is 0.341 e. The van der Waals surface area contributed by atoms with Gasteiger partial charge < -0.3 is 15.1 Å². The van der Waals surface area contributed by atoms with Gasteiger partial charge in [-0.3, -0.25) is 9.59 Å². The average Bonchev–Trinajstić information content (AvgIpc) is 2.94. The number of hydrogen-bond acceptors (Lipinski definition) is 3. The summed E-state index contributed by atoms with van der Waals surface area (Å²) in [6, 6.07) is 5.80. The summed E-state index contributed by atoms with van der Waals surface area (Å²) in [6.07, 6.45) is 3.63. The van der Waals surface area contributed by atoms with Crippen LogP contribution in [-0.2, 0) is 4.79 Å². The van der Waals surface area contributed by atoms with E-state index in [1.54, 1.807) is 17.0 Å². The van der Waals surface area contributed by atoms with Crippen molar-refractivity contribution in [3.8, 4) is 0 Å². The predicted molar refractivity (Wildman–Crippen MR) is 110 cm³/mol. The van der Waals surface area contributed by atoms with Crippen molar-refractivity contribution in [3.05, 3.63) is 35.6 Å². The number of amides is 2. The van der Waals surface area contributed by atoms with Crippen LogP contribution in [0.15, 0.2) is 24.3 Å². The third-order valence-corrected chi connectivity index (χ3v) is 5.89.